The van der Waals surface area contributed by atoms with Gasteiger partial charge in [-0.15, -0.1) is 0 Å². The molecule has 0 fully saturated rings. The molecule has 0 aromatic carbocycles. The van der Waals surface area contributed by atoms with Crippen LogP contribution in [-0.4, -0.2) is 31.3 Å². The average molecular weight is 219 g/mol. The monoisotopic (exact) mass is 219 g/mol. The zero-order chi connectivity index (χ0) is 10.6. The maximum atomic E-state index is 11.2. The lowest BCUT2D eigenvalue weighted by Gasteiger charge is -2.18. The molecule has 1 aliphatic carbocycles. The molecule has 80 valence electrons. The minimum absolute atomic E-state index is 0.149. The molecule has 6 heteroatoms. The summed E-state index contributed by atoms with van der Waals surface area (Å²) < 4.78 is 24.8. The van der Waals surface area contributed by atoms with Crippen LogP contribution in [-0.2, 0) is 14.8 Å². The van der Waals surface area contributed by atoms with Gasteiger partial charge >= 0.3 is 5.97 Å². The topological polar surface area (TPSA) is 83.5 Å². The molecule has 14 heavy (non-hydrogen) atoms. The van der Waals surface area contributed by atoms with Crippen LogP contribution in [0.2, 0.25) is 0 Å². The molecule has 1 atom stereocenters. The van der Waals surface area contributed by atoms with Gasteiger partial charge in [0.15, 0.2) is 5.75 Å². The van der Waals surface area contributed by atoms with Crippen LogP contribution in [0.25, 0.3) is 0 Å². The van der Waals surface area contributed by atoms with Crippen molar-refractivity contribution in [2.75, 3.05) is 5.75 Å². The van der Waals surface area contributed by atoms with Crippen molar-refractivity contribution in [3.8, 4) is 0 Å². The quantitative estimate of drug-likeness (QED) is 0.657. The van der Waals surface area contributed by atoms with E-state index in [-0.39, 0.29) is 6.04 Å². The van der Waals surface area contributed by atoms with Crippen molar-refractivity contribution < 1.29 is 18.3 Å². The molecule has 1 aliphatic rings. The number of aliphatic carboxylic acids is 1. The lowest BCUT2D eigenvalue weighted by Crippen LogP contribution is -2.38. The van der Waals surface area contributed by atoms with Gasteiger partial charge in [-0.3, -0.25) is 4.79 Å². The smallest absolute Gasteiger partial charge is 0.320 e. The molecule has 0 bridgehead atoms. The van der Waals surface area contributed by atoms with Gasteiger partial charge in [0.25, 0.3) is 0 Å². The van der Waals surface area contributed by atoms with Crippen molar-refractivity contribution >= 4 is 16.0 Å². The molecule has 0 aliphatic heterocycles. The minimum Gasteiger partial charge on any atom is -0.480 e. The maximum Gasteiger partial charge on any atom is 0.320 e. The van der Waals surface area contributed by atoms with Crippen molar-refractivity contribution in [1.82, 2.24) is 4.72 Å². The molecule has 0 aromatic rings. The van der Waals surface area contributed by atoms with E-state index in [1.54, 1.807) is 0 Å². The number of hydrogen-bond acceptors (Lipinski definition) is 3. The van der Waals surface area contributed by atoms with Crippen LogP contribution in [0.5, 0.6) is 0 Å². The van der Waals surface area contributed by atoms with Crippen molar-refractivity contribution in [3.63, 3.8) is 0 Å². The van der Waals surface area contributed by atoms with E-state index in [4.69, 9.17) is 5.11 Å². The molecule has 0 heterocycles. The van der Waals surface area contributed by atoms with E-state index in [1.807, 2.05) is 12.2 Å². The van der Waals surface area contributed by atoms with Gasteiger partial charge < -0.3 is 5.11 Å². The first kappa shape index (κ1) is 11.2. The average Bonchev–Trinajstić information content (AvgIpc) is 2.02. The number of carboxylic acids is 1. The van der Waals surface area contributed by atoms with E-state index >= 15 is 0 Å². The molecule has 1 unspecified atom stereocenters. The zero-order valence-electron chi connectivity index (χ0n) is 7.64. The Labute approximate surface area is 82.9 Å². The molecular weight excluding hydrogens is 206 g/mol. The van der Waals surface area contributed by atoms with Crippen molar-refractivity contribution in [2.24, 2.45) is 0 Å². The summed E-state index contributed by atoms with van der Waals surface area (Å²) in [5.41, 5.74) is 0. The normalized spacial score (nSPS) is 22.1. The Morgan fingerprint density at radius 1 is 1.50 bits per heavy atom. The Bertz CT molecular complexity index is 333. The van der Waals surface area contributed by atoms with Gasteiger partial charge in [0.05, 0.1) is 0 Å². The van der Waals surface area contributed by atoms with Crippen molar-refractivity contribution in [3.05, 3.63) is 12.2 Å². The molecule has 1 rings (SSSR count). The second-order valence-electron chi connectivity index (χ2n) is 3.25. The first-order chi connectivity index (χ1) is 6.49. The molecule has 0 saturated heterocycles. The fourth-order valence-corrected chi connectivity index (χ4v) is 2.49. The summed E-state index contributed by atoms with van der Waals surface area (Å²) >= 11 is 0. The third-order valence-electron chi connectivity index (χ3n) is 1.93. The van der Waals surface area contributed by atoms with Crippen molar-refractivity contribution in [2.45, 2.75) is 25.3 Å². The Kier molecular flexibility index (Phi) is 3.65. The van der Waals surface area contributed by atoms with Crippen LogP contribution in [0.1, 0.15) is 19.3 Å². The summed E-state index contributed by atoms with van der Waals surface area (Å²) in [6, 6.07) is -0.149. The lowest BCUT2D eigenvalue weighted by molar-refractivity contribution is -0.134. The van der Waals surface area contributed by atoms with Crippen LogP contribution >= 0.6 is 0 Å². The lowest BCUT2D eigenvalue weighted by atomic mass is 10.0. The van der Waals surface area contributed by atoms with Crippen LogP contribution in [0.3, 0.4) is 0 Å². The Morgan fingerprint density at radius 2 is 2.21 bits per heavy atom. The number of carboxylic acid groups (broad SMARTS) is 1. The van der Waals surface area contributed by atoms with Crippen LogP contribution in [0.15, 0.2) is 12.2 Å². The number of rotatable bonds is 4. The first-order valence-corrected chi connectivity index (χ1v) is 6.01. The van der Waals surface area contributed by atoms with Gasteiger partial charge in [0.1, 0.15) is 0 Å². The summed E-state index contributed by atoms with van der Waals surface area (Å²) in [5, 5.41) is 8.35. The van der Waals surface area contributed by atoms with E-state index in [9.17, 15) is 13.2 Å². The fourth-order valence-electron chi connectivity index (χ4n) is 1.36. The summed E-state index contributed by atoms with van der Waals surface area (Å²) in [7, 11) is -3.66. The Morgan fingerprint density at radius 3 is 2.71 bits per heavy atom. The highest BCUT2D eigenvalue weighted by molar-refractivity contribution is 7.90. The second kappa shape index (κ2) is 4.56. The van der Waals surface area contributed by atoms with Crippen molar-refractivity contribution in [1.29, 1.82) is 0 Å². The Balaban J connectivity index is 2.50. The number of nitrogens with one attached hydrogen (secondary N) is 1. The largest absolute Gasteiger partial charge is 0.480 e. The molecule has 0 amide bonds. The highest BCUT2D eigenvalue weighted by Crippen LogP contribution is 2.11. The van der Waals surface area contributed by atoms with E-state index in [0.717, 1.165) is 12.8 Å². The van der Waals surface area contributed by atoms with E-state index in [2.05, 4.69) is 4.72 Å². The Hall–Kier alpha value is -0.880. The van der Waals surface area contributed by atoms with Gasteiger partial charge in [0, 0.05) is 6.04 Å². The summed E-state index contributed by atoms with van der Waals surface area (Å²) in [5.74, 6) is -2.18. The van der Waals surface area contributed by atoms with Gasteiger partial charge in [-0.1, -0.05) is 12.2 Å². The molecular formula is C8H13NO4S. The van der Waals surface area contributed by atoms with E-state index in [1.165, 1.54) is 0 Å². The summed E-state index contributed by atoms with van der Waals surface area (Å²) in [6.45, 7) is 0. The molecule has 0 saturated carbocycles. The molecule has 2 N–H and O–H groups in total. The molecule has 0 spiro atoms. The molecule has 0 radical (unpaired) electrons. The second-order valence-corrected chi connectivity index (χ2v) is 5.01. The molecule has 5 nitrogen and oxygen atoms in total. The third kappa shape index (κ3) is 3.89. The highest BCUT2D eigenvalue weighted by Gasteiger charge is 2.20. The van der Waals surface area contributed by atoms with Crippen LogP contribution in [0.4, 0.5) is 0 Å². The van der Waals surface area contributed by atoms with E-state index < -0.39 is 21.7 Å². The van der Waals surface area contributed by atoms with Gasteiger partial charge in [-0.05, 0) is 19.3 Å². The number of carbonyl (C=O) groups is 1. The number of allylic oxidation sites excluding steroid dienone is 1. The van der Waals surface area contributed by atoms with Crippen LogP contribution < -0.4 is 4.72 Å². The third-order valence-corrected chi connectivity index (χ3v) is 3.25. The predicted molar refractivity (Wildman–Crippen MR) is 51.3 cm³/mol. The standard InChI is InChI=1S/C8H13NO4S/c10-8(11)6-14(12,13)9-7-4-2-1-3-5-7/h1-2,7,9H,3-6H2,(H,10,11). The predicted octanol–water partition coefficient (Wildman–Crippen LogP) is 0.0991. The fraction of sp³-hybridized carbons (Fsp3) is 0.625. The van der Waals surface area contributed by atoms with Crippen LogP contribution in [0, 0.1) is 0 Å². The SMILES string of the molecule is O=C(O)CS(=O)(=O)NC1CC=CCC1. The summed E-state index contributed by atoms with van der Waals surface area (Å²) in [6.07, 6.45) is 6.09. The van der Waals surface area contributed by atoms with Gasteiger partial charge in [0.2, 0.25) is 10.0 Å². The number of hydrogen-bond donors (Lipinski definition) is 2. The minimum atomic E-state index is -3.66. The van der Waals surface area contributed by atoms with Gasteiger partial charge in [-0.25, -0.2) is 13.1 Å². The summed E-state index contributed by atoms with van der Waals surface area (Å²) in [4.78, 5) is 10.2. The van der Waals surface area contributed by atoms with Gasteiger partial charge in [-0.2, -0.15) is 0 Å². The highest BCUT2D eigenvalue weighted by atomic mass is 32.2. The zero-order valence-corrected chi connectivity index (χ0v) is 8.46. The van der Waals surface area contributed by atoms with E-state index in [0.29, 0.717) is 6.42 Å². The number of sulfonamides is 1. The molecule has 0 aromatic heterocycles. The first-order valence-electron chi connectivity index (χ1n) is 4.36. The maximum absolute atomic E-state index is 11.2.